The van der Waals surface area contributed by atoms with Crippen LogP contribution in [0.3, 0.4) is 0 Å². The molecule has 1 aromatic rings. The smallest absolute Gasteiger partial charge is 0.243 e. The van der Waals surface area contributed by atoms with Crippen molar-refractivity contribution in [3.05, 3.63) is 12.4 Å². The van der Waals surface area contributed by atoms with Gasteiger partial charge in [-0.3, -0.25) is 4.68 Å². The molecule has 1 fully saturated rings. The maximum atomic E-state index is 12.2. The number of hydrogen-bond donors (Lipinski definition) is 2. The van der Waals surface area contributed by atoms with Crippen molar-refractivity contribution in [1.29, 1.82) is 0 Å². The van der Waals surface area contributed by atoms with E-state index in [1.807, 2.05) is 0 Å². The first-order valence-corrected chi connectivity index (χ1v) is 9.50. The number of aromatic nitrogens is 2. The van der Waals surface area contributed by atoms with Crippen molar-refractivity contribution in [3.63, 3.8) is 0 Å². The molecule has 0 aliphatic heterocycles. The second kappa shape index (κ2) is 6.93. The van der Waals surface area contributed by atoms with E-state index < -0.39 is 10.0 Å². The first kappa shape index (κ1) is 15.8. The molecule has 0 radical (unpaired) electrons. The Balaban J connectivity index is 1.98. The first-order valence-electron chi connectivity index (χ1n) is 6.73. The van der Waals surface area contributed by atoms with E-state index in [-0.39, 0.29) is 17.5 Å². The molecule has 2 unspecified atom stereocenters. The van der Waals surface area contributed by atoms with E-state index in [2.05, 4.69) is 16.1 Å². The van der Waals surface area contributed by atoms with Gasteiger partial charge < -0.3 is 5.11 Å². The summed E-state index contributed by atoms with van der Waals surface area (Å²) >= 11 is 1.80. The molecule has 1 aromatic heterocycles. The lowest BCUT2D eigenvalue weighted by molar-refractivity contribution is 0.277. The van der Waals surface area contributed by atoms with Crippen LogP contribution in [0.25, 0.3) is 0 Å². The number of aliphatic hydroxyl groups excluding tert-OH is 1. The van der Waals surface area contributed by atoms with E-state index in [1.165, 1.54) is 12.4 Å². The van der Waals surface area contributed by atoms with Gasteiger partial charge in [-0.15, -0.1) is 0 Å². The molecular weight excluding hydrogens is 298 g/mol. The fourth-order valence-corrected chi connectivity index (χ4v) is 4.42. The van der Waals surface area contributed by atoms with E-state index in [9.17, 15) is 8.42 Å². The molecule has 2 N–H and O–H groups in total. The van der Waals surface area contributed by atoms with Gasteiger partial charge in [0.25, 0.3) is 0 Å². The maximum absolute atomic E-state index is 12.2. The normalized spacial score (nSPS) is 23.3. The van der Waals surface area contributed by atoms with Crippen LogP contribution in [0.5, 0.6) is 0 Å². The van der Waals surface area contributed by atoms with Gasteiger partial charge in [0.15, 0.2) is 0 Å². The number of aryl methyl sites for hydroxylation is 1. The van der Waals surface area contributed by atoms with E-state index in [1.54, 1.807) is 16.4 Å². The van der Waals surface area contributed by atoms with Gasteiger partial charge in [-0.25, -0.2) is 13.1 Å². The summed E-state index contributed by atoms with van der Waals surface area (Å²) in [6, 6.07) is 0.0261. The Kier molecular flexibility index (Phi) is 5.48. The highest BCUT2D eigenvalue weighted by Gasteiger charge is 2.28. The molecule has 1 heterocycles. The van der Waals surface area contributed by atoms with Crippen molar-refractivity contribution in [2.24, 2.45) is 0 Å². The summed E-state index contributed by atoms with van der Waals surface area (Å²) < 4.78 is 28.8. The minimum absolute atomic E-state index is 0.0261. The zero-order valence-corrected chi connectivity index (χ0v) is 13.2. The molecule has 0 saturated heterocycles. The summed E-state index contributed by atoms with van der Waals surface area (Å²) in [5.41, 5.74) is 0. The van der Waals surface area contributed by atoms with Crippen molar-refractivity contribution in [2.75, 3.05) is 12.9 Å². The Morgan fingerprint density at radius 2 is 2.35 bits per heavy atom. The average Bonchev–Trinajstić information content (AvgIpc) is 3.04. The average molecular weight is 319 g/mol. The quantitative estimate of drug-likeness (QED) is 0.777. The first-order chi connectivity index (χ1) is 9.55. The van der Waals surface area contributed by atoms with Crippen LogP contribution in [0.15, 0.2) is 17.3 Å². The minimum atomic E-state index is -3.48. The highest BCUT2D eigenvalue weighted by molar-refractivity contribution is 7.99. The zero-order valence-electron chi connectivity index (χ0n) is 11.5. The van der Waals surface area contributed by atoms with E-state index in [0.717, 1.165) is 19.3 Å². The lowest BCUT2D eigenvalue weighted by atomic mass is 10.3. The summed E-state index contributed by atoms with van der Waals surface area (Å²) in [6.07, 6.45) is 8.34. The molecule has 114 valence electrons. The number of sulfonamides is 1. The molecule has 1 aliphatic carbocycles. The van der Waals surface area contributed by atoms with Gasteiger partial charge in [0.1, 0.15) is 4.90 Å². The van der Waals surface area contributed by atoms with Crippen molar-refractivity contribution in [1.82, 2.24) is 14.5 Å². The Labute approximate surface area is 124 Å². The number of nitrogens with one attached hydrogen (secondary N) is 1. The van der Waals surface area contributed by atoms with Crippen LogP contribution in [0.1, 0.15) is 25.7 Å². The van der Waals surface area contributed by atoms with Crippen molar-refractivity contribution < 1.29 is 13.5 Å². The molecule has 2 rings (SSSR count). The third-order valence-electron chi connectivity index (χ3n) is 3.50. The van der Waals surface area contributed by atoms with Gasteiger partial charge in [0.2, 0.25) is 10.0 Å². The Bertz CT molecular complexity index is 530. The molecule has 0 bridgehead atoms. The number of rotatable bonds is 7. The predicted molar refractivity (Wildman–Crippen MR) is 79.2 cm³/mol. The molecule has 2 atom stereocenters. The second-order valence-corrected chi connectivity index (χ2v) is 7.86. The van der Waals surface area contributed by atoms with Crippen LogP contribution in [0.2, 0.25) is 0 Å². The highest BCUT2D eigenvalue weighted by atomic mass is 32.2. The molecule has 20 heavy (non-hydrogen) atoms. The third-order valence-corrected chi connectivity index (χ3v) is 6.07. The summed E-state index contributed by atoms with van der Waals surface area (Å²) in [6.45, 7) is 0.586. The third kappa shape index (κ3) is 3.97. The fraction of sp³-hybridized carbons (Fsp3) is 0.750. The highest BCUT2D eigenvalue weighted by Crippen LogP contribution is 2.29. The van der Waals surface area contributed by atoms with Crippen LogP contribution < -0.4 is 4.72 Å². The van der Waals surface area contributed by atoms with E-state index in [0.29, 0.717) is 18.2 Å². The standard InChI is InChI=1S/C12H21N3O3S2/c1-19-11-4-3-10(7-11)14-20(17,18)12-8-13-15(9-12)5-2-6-16/h8-11,14,16H,2-7H2,1H3. The van der Waals surface area contributed by atoms with Gasteiger partial charge in [-0.2, -0.15) is 16.9 Å². The number of thioether (sulfide) groups is 1. The monoisotopic (exact) mass is 319 g/mol. The van der Waals surface area contributed by atoms with Gasteiger partial charge in [0.05, 0.1) is 6.20 Å². The molecule has 1 saturated carbocycles. The SMILES string of the molecule is CSC1CCC(NS(=O)(=O)c2cnn(CCCO)c2)C1. The number of aliphatic hydroxyl groups is 1. The summed E-state index contributed by atoms with van der Waals surface area (Å²) in [7, 11) is -3.48. The molecule has 6 nitrogen and oxygen atoms in total. The van der Waals surface area contributed by atoms with Gasteiger partial charge in [0, 0.05) is 30.6 Å². The Morgan fingerprint density at radius 1 is 1.55 bits per heavy atom. The second-order valence-electron chi connectivity index (χ2n) is 5.01. The fourth-order valence-electron chi connectivity index (χ4n) is 2.39. The lowest BCUT2D eigenvalue weighted by Crippen LogP contribution is -2.33. The Morgan fingerprint density at radius 3 is 3.00 bits per heavy atom. The van der Waals surface area contributed by atoms with Crippen molar-refractivity contribution in [2.45, 2.75) is 48.4 Å². The summed E-state index contributed by atoms with van der Waals surface area (Å²) in [5.74, 6) is 0. The van der Waals surface area contributed by atoms with Crippen LogP contribution >= 0.6 is 11.8 Å². The topological polar surface area (TPSA) is 84.2 Å². The van der Waals surface area contributed by atoms with Crippen LogP contribution in [0, 0.1) is 0 Å². The van der Waals surface area contributed by atoms with E-state index >= 15 is 0 Å². The predicted octanol–water partition coefficient (Wildman–Crippen LogP) is 0.828. The van der Waals surface area contributed by atoms with Crippen LogP contribution in [-0.4, -0.2) is 47.5 Å². The maximum Gasteiger partial charge on any atom is 0.243 e. The van der Waals surface area contributed by atoms with Crippen molar-refractivity contribution in [3.8, 4) is 0 Å². The molecule has 0 spiro atoms. The lowest BCUT2D eigenvalue weighted by Gasteiger charge is -2.12. The minimum Gasteiger partial charge on any atom is -0.396 e. The summed E-state index contributed by atoms with van der Waals surface area (Å²) in [4.78, 5) is 0.197. The number of hydrogen-bond acceptors (Lipinski definition) is 5. The molecule has 0 amide bonds. The van der Waals surface area contributed by atoms with E-state index in [4.69, 9.17) is 5.11 Å². The van der Waals surface area contributed by atoms with Gasteiger partial charge in [-0.05, 0) is 31.9 Å². The molecule has 8 heteroatoms. The largest absolute Gasteiger partial charge is 0.396 e. The number of nitrogens with zero attached hydrogens (tertiary/aromatic N) is 2. The molecule has 1 aliphatic rings. The zero-order chi connectivity index (χ0) is 14.6. The molecular formula is C12H21N3O3S2. The van der Waals surface area contributed by atoms with Crippen LogP contribution in [-0.2, 0) is 16.6 Å². The van der Waals surface area contributed by atoms with Crippen molar-refractivity contribution >= 4 is 21.8 Å². The van der Waals surface area contributed by atoms with Crippen LogP contribution in [0.4, 0.5) is 0 Å². The Hall–Kier alpha value is -0.570. The summed E-state index contributed by atoms with van der Waals surface area (Å²) in [5, 5.41) is 13.3. The van der Waals surface area contributed by atoms with Gasteiger partial charge in [-0.1, -0.05) is 0 Å². The molecule has 0 aromatic carbocycles. The van der Waals surface area contributed by atoms with Gasteiger partial charge >= 0.3 is 0 Å².